The molecule has 0 aliphatic heterocycles. The first-order chi connectivity index (χ1) is 19.9. The number of nitrogens with zero attached hydrogens (tertiary/aromatic N) is 2. The third-order valence-electron chi connectivity index (χ3n) is 5.87. The lowest BCUT2D eigenvalue weighted by Crippen LogP contribution is -2.17. The van der Waals surface area contributed by atoms with E-state index in [2.05, 4.69) is 21.1 Å². The van der Waals surface area contributed by atoms with E-state index in [4.69, 9.17) is 4.74 Å². The summed E-state index contributed by atoms with van der Waals surface area (Å²) in [5.41, 5.74) is 8.84. The number of benzene rings is 4. The number of nitrogens with one attached hydrogen (secondary N) is 2. The van der Waals surface area contributed by atoms with Crippen molar-refractivity contribution in [1.29, 1.82) is 0 Å². The summed E-state index contributed by atoms with van der Waals surface area (Å²) in [4.78, 5) is 48.4. The molecule has 0 bridgehead atoms. The molecule has 9 heteroatoms. The number of carbonyl (C=O) groups excluding carboxylic acids is 4. The Kier molecular flexibility index (Phi) is 9.25. The largest absolute Gasteiger partial charge is 0.457 e. The highest BCUT2D eigenvalue weighted by atomic mass is 16.5. The molecule has 41 heavy (non-hydrogen) atoms. The van der Waals surface area contributed by atoms with Crippen LogP contribution in [-0.4, -0.2) is 35.6 Å². The van der Waals surface area contributed by atoms with E-state index < -0.39 is 11.6 Å². The first-order valence-corrected chi connectivity index (χ1v) is 12.5. The van der Waals surface area contributed by atoms with E-state index in [9.17, 15) is 19.2 Å². The minimum atomic E-state index is -0.543. The fourth-order valence-corrected chi connectivity index (χ4v) is 3.55. The molecule has 0 heterocycles. The number of ether oxygens (including phenoxy) is 1. The predicted molar refractivity (Wildman–Crippen MR) is 158 cm³/mol. The average molecular weight is 547 g/mol. The van der Waals surface area contributed by atoms with Crippen LogP contribution in [0.3, 0.4) is 0 Å². The zero-order chi connectivity index (χ0) is 29.2. The number of rotatable bonds is 12. The highest BCUT2D eigenvalue weighted by molar-refractivity contribution is 6.64. The van der Waals surface area contributed by atoms with Crippen molar-refractivity contribution < 1.29 is 23.9 Å². The van der Waals surface area contributed by atoms with Crippen LogP contribution in [0.15, 0.2) is 107 Å². The maximum atomic E-state index is 12.7. The van der Waals surface area contributed by atoms with E-state index >= 15 is 0 Å². The van der Waals surface area contributed by atoms with Crippen LogP contribution in [-0.2, 0) is 9.59 Å². The minimum Gasteiger partial charge on any atom is -0.457 e. The van der Waals surface area contributed by atoms with Crippen LogP contribution in [0, 0.1) is 13.8 Å². The third-order valence-corrected chi connectivity index (χ3v) is 5.87. The van der Waals surface area contributed by atoms with Gasteiger partial charge in [-0.3, -0.25) is 30.0 Å². The number of hydrogen-bond donors (Lipinski definition) is 2. The molecule has 0 unspecified atom stereocenters. The number of aryl methyl sites for hydroxylation is 2. The number of ketones is 2. The number of anilines is 2. The molecule has 9 nitrogen and oxygen atoms in total. The number of aldehydes is 2. The Hall–Kier alpha value is -5.70. The van der Waals surface area contributed by atoms with Gasteiger partial charge in [-0.15, -0.1) is 0 Å². The number of Topliss-reactive ketones (excluding diaryl/α,β-unsaturated/α-hetero) is 2. The highest BCUT2D eigenvalue weighted by Gasteiger charge is 2.16. The van der Waals surface area contributed by atoms with Crippen molar-refractivity contribution >= 4 is 46.9 Å². The molecule has 0 aromatic heterocycles. The average Bonchev–Trinajstić information content (AvgIpc) is 3.00. The molecule has 0 amide bonds. The van der Waals surface area contributed by atoms with E-state index in [-0.39, 0.29) is 22.6 Å². The topological polar surface area (TPSA) is 126 Å². The van der Waals surface area contributed by atoms with Gasteiger partial charge >= 0.3 is 0 Å². The second-order valence-corrected chi connectivity index (χ2v) is 8.99. The lowest BCUT2D eigenvalue weighted by molar-refractivity contribution is -0.103. The van der Waals surface area contributed by atoms with E-state index in [1.165, 1.54) is 24.3 Å². The monoisotopic (exact) mass is 546 g/mol. The number of hydrazone groups is 2. The standard InChI is InChI=1S/C32H26N4O5/c1-21-3-11-25(12-4-21)33-35-29(19-37)31(39)23-7-15-27(16-8-23)41-28-17-9-24(10-18-28)32(40)30(20-38)36-34-26-13-5-22(2)6-14-26/h3-20,33-34H,1-2H3/b35-29+,36-30+. The Bertz CT molecular complexity index is 1480. The van der Waals surface area contributed by atoms with Crippen molar-refractivity contribution in [1.82, 2.24) is 0 Å². The van der Waals surface area contributed by atoms with Gasteiger partial charge in [-0.1, -0.05) is 35.4 Å². The Morgan fingerprint density at radius 2 is 0.902 bits per heavy atom. The van der Waals surface area contributed by atoms with Gasteiger partial charge in [0.05, 0.1) is 11.4 Å². The molecule has 0 aliphatic carbocycles. The van der Waals surface area contributed by atoms with E-state index in [0.717, 1.165) is 11.1 Å². The Balaban J connectivity index is 1.37. The van der Waals surface area contributed by atoms with E-state index in [0.29, 0.717) is 35.4 Å². The molecule has 4 rings (SSSR count). The van der Waals surface area contributed by atoms with E-state index in [1.54, 1.807) is 48.5 Å². The summed E-state index contributed by atoms with van der Waals surface area (Å²) in [6, 6.07) is 27.1. The van der Waals surface area contributed by atoms with Crippen LogP contribution < -0.4 is 15.6 Å². The SMILES string of the molecule is Cc1ccc(N/N=C(\C=O)C(=O)c2ccc(Oc3ccc(C(=O)/C(C=O)=N/Nc4ccc(C)cc4)cc3)cc2)cc1. The Labute approximate surface area is 236 Å². The van der Waals surface area contributed by atoms with Crippen LogP contribution in [0.25, 0.3) is 0 Å². The second kappa shape index (κ2) is 13.4. The van der Waals surface area contributed by atoms with E-state index in [1.807, 2.05) is 38.1 Å². The summed E-state index contributed by atoms with van der Waals surface area (Å²) in [6.45, 7) is 3.90. The summed E-state index contributed by atoms with van der Waals surface area (Å²) in [5, 5.41) is 7.87. The molecule has 4 aromatic rings. The van der Waals surface area contributed by atoms with Gasteiger partial charge in [0.15, 0.2) is 24.0 Å². The molecule has 0 saturated heterocycles. The van der Waals surface area contributed by atoms with Crippen LogP contribution in [0.2, 0.25) is 0 Å². The van der Waals surface area contributed by atoms with Gasteiger partial charge in [-0.25, -0.2) is 0 Å². The summed E-state index contributed by atoms with van der Waals surface area (Å²) in [5.74, 6) is -0.224. The Morgan fingerprint density at radius 3 is 1.22 bits per heavy atom. The van der Waals surface area contributed by atoms with Crippen molar-refractivity contribution in [2.24, 2.45) is 10.2 Å². The Morgan fingerprint density at radius 1 is 0.561 bits per heavy atom. The molecule has 204 valence electrons. The van der Waals surface area contributed by atoms with Gasteiger partial charge in [0.1, 0.15) is 11.5 Å². The second-order valence-electron chi connectivity index (χ2n) is 8.99. The molecule has 2 N–H and O–H groups in total. The molecule has 0 aliphatic rings. The summed E-state index contributed by atoms with van der Waals surface area (Å²) < 4.78 is 5.80. The molecular formula is C32H26N4O5. The zero-order valence-electron chi connectivity index (χ0n) is 22.3. The van der Waals surface area contributed by atoms with Gasteiger partial charge in [0.25, 0.3) is 0 Å². The van der Waals surface area contributed by atoms with Crippen molar-refractivity contribution in [3.8, 4) is 11.5 Å². The number of hydrogen-bond acceptors (Lipinski definition) is 9. The first-order valence-electron chi connectivity index (χ1n) is 12.5. The maximum absolute atomic E-state index is 12.7. The van der Waals surface area contributed by atoms with Crippen molar-refractivity contribution in [2.75, 3.05) is 10.9 Å². The van der Waals surface area contributed by atoms with Crippen molar-refractivity contribution in [3.63, 3.8) is 0 Å². The van der Waals surface area contributed by atoms with Crippen LogP contribution in [0.1, 0.15) is 31.8 Å². The van der Waals surface area contributed by atoms with Crippen LogP contribution in [0.4, 0.5) is 11.4 Å². The summed E-state index contributed by atoms with van der Waals surface area (Å²) in [6.07, 6.45) is 0.798. The number of carbonyl (C=O) groups is 4. The molecule has 0 saturated carbocycles. The normalized spacial score (nSPS) is 11.4. The van der Waals surface area contributed by atoms with Gasteiger partial charge in [0, 0.05) is 11.1 Å². The fourth-order valence-electron chi connectivity index (χ4n) is 3.55. The zero-order valence-corrected chi connectivity index (χ0v) is 22.3. The highest BCUT2D eigenvalue weighted by Crippen LogP contribution is 2.23. The van der Waals surface area contributed by atoms with Crippen molar-refractivity contribution in [2.45, 2.75) is 13.8 Å². The molecule has 0 atom stereocenters. The lowest BCUT2D eigenvalue weighted by atomic mass is 10.1. The van der Waals surface area contributed by atoms with Crippen molar-refractivity contribution in [3.05, 3.63) is 119 Å². The molecule has 0 spiro atoms. The summed E-state index contributed by atoms with van der Waals surface area (Å²) >= 11 is 0. The molecule has 0 fully saturated rings. The van der Waals surface area contributed by atoms with Crippen LogP contribution >= 0.6 is 0 Å². The molecule has 0 radical (unpaired) electrons. The predicted octanol–water partition coefficient (Wildman–Crippen LogP) is 5.80. The van der Waals surface area contributed by atoms with Gasteiger partial charge in [-0.05, 0) is 86.6 Å². The quantitative estimate of drug-likeness (QED) is 0.0757. The van der Waals surface area contributed by atoms with Gasteiger partial charge in [-0.2, -0.15) is 10.2 Å². The fraction of sp³-hybridized carbons (Fsp3) is 0.0625. The molecule has 4 aromatic carbocycles. The smallest absolute Gasteiger partial charge is 0.216 e. The third kappa shape index (κ3) is 7.67. The minimum absolute atomic E-state index is 0.259. The maximum Gasteiger partial charge on any atom is 0.216 e. The first kappa shape index (κ1) is 28.3. The van der Waals surface area contributed by atoms with Gasteiger partial charge < -0.3 is 4.74 Å². The summed E-state index contributed by atoms with van der Waals surface area (Å²) in [7, 11) is 0. The van der Waals surface area contributed by atoms with Crippen LogP contribution in [0.5, 0.6) is 11.5 Å². The van der Waals surface area contributed by atoms with Gasteiger partial charge in [0.2, 0.25) is 11.6 Å². The lowest BCUT2D eigenvalue weighted by Gasteiger charge is -2.08. The molecular weight excluding hydrogens is 520 g/mol.